The predicted molar refractivity (Wildman–Crippen MR) is 84.3 cm³/mol. The molecule has 1 aliphatic rings. The standard InChI is InChI=1S/C15H18N4O3/c1-22-10-13-9-16-6-7-18(13)15-5-2-11-8-12(19(20)21)3-4-14(11)17-15/h2-5,8,13,16H,6-7,9-10H2,1H3/t13-/m0/s1. The van der Waals surface area contributed by atoms with Crippen LogP contribution < -0.4 is 10.2 Å². The summed E-state index contributed by atoms with van der Waals surface area (Å²) in [6.45, 7) is 3.25. The molecule has 0 saturated carbocycles. The first-order valence-electron chi connectivity index (χ1n) is 7.20. The summed E-state index contributed by atoms with van der Waals surface area (Å²) < 4.78 is 5.28. The summed E-state index contributed by atoms with van der Waals surface area (Å²) in [6, 6.07) is 8.78. The monoisotopic (exact) mass is 302 g/mol. The van der Waals surface area contributed by atoms with Crippen molar-refractivity contribution in [1.29, 1.82) is 0 Å². The largest absolute Gasteiger partial charge is 0.383 e. The third-order valence-corrected chi connectivity index (χ3v) is 3.87. The highest BCUT2D eigenvalue weighted by molar-refractivity contribution is 5.82. The van der Waals surface area contributed by atoms with Gasteiger partial charge in [-0.15, -0.1) is 0 Å². The molecule has 2 aromatic rings. The number of methoxy groups -OCH3 is 1. The first-order chi connectivity index (χ1) is 10.7. The molecule has 1 fully saturated rings. The molecule has 1 N–H and O–H groups in total. The first-order valence-corrected chi connectivity index (χ1v) is 7.20. The minimum atomic E-state index is -0.391. The maximum atomic E-state index is 10.8. The molecule has 0 amide bonds. The lowest BCUT2D eigenvalue weighted by atomic mass is 10.1. The molecule has 1 atom stereocenters. The molecule has 0 spiro atoms. The summed E-state index contributed by atoms with van der Waals surface area (Å²) in [5.41, 5.74) is 0.847. The molecule has 7 heteroatoms. The Labute approximate surface area is 128 Å². The Morgan fingerprint density at radius 3 is 3.09 bits per heavy atom. The van der Waals surface area contributed by atoms with Crippen molar-refractivity contribution in [2.24, 2.45) is 0 Å². The van der Waals surface area contributed by atoms with E-state index in [1.165, 1.54) is 6.07 Å². The molecule has 1 aromatic carbocycles. The Morgan fingerprint density at radius 1 is 1.45 bits per heavy atom. The zero-order chi connectivity index (χ0) is 15.5. The number of piperazine rings is 1. The maximum absolute atomic E-state index is 10.8. The number of aromatic nitrogens is 1. The number of non-ortho nitro benzene ring substituents is 1. The van der Waals surface area contributed by atoms with Gasteiger partial charge in [0, 0.05) is 44.3 Å². The minimum absolute atomic E-state index is 0.0847. The van der Waals surface area contributed by atoms with Gasteiger partial charge in [0.05, 0.1) is 23.1 Å². The van der Waals surface area contributed by atoms with Crippen molar-refractivity contribution in [2.45, 2.75) is 6.04 Å². The fraction of sp³-hybridized carbons (Fsp3) is 0.400. The number of fused-ring (bicyclic) bond motifs is 1. The summed E-state index contributed by atoms with van der Waals surface area (Å²) in [4.78, 5) is 17.3. The van der Waals surface area contributed by atoms with Crippen molar-refractivity contribution in [3.05, 3.63) is 40.4 Å². The van der Waals surface area contributed by atoms with E-state index in [1.807, 2.05) is 12.1 Å². The van der Waals surface area contributed by atoms with Crippen LogP contribution in [0.2, 0.25) is 0 Å². The van der Waals surface area contributed by atoms with Gasteiger partial charge in [-0.2, -0.15) is 0 Å². The maximum Gasteiger partial charge on any atom is 0.270 e. The van der Waals surface area contributed by atoms with Crippen LogP contribution in [0.4, 0.5) is 11.5 Å². The summed E-state index contributed by atoms with van der Waals surface area (Å²) in [6.07, 6.45) is 0. The minimum Gasteiger partial charge on any atom is -0.383 e. The van der Waals surface area contributed by atoms with E-state index in [-0.39, 0.29) is 11.7 Å². The highest BCUT2D eigenvalue weighted by Gasteiger charge is 2.23. The van der Waals surface area contributed by atoms with Gasteiger partial charge in [0.25, 0.3) is 5.69 Å². The summed E-state index contributed by atoms with van der Waals surface area (Å²) in [5.74, 6) is 0.880. The molecule has 116 valence electrons. The predicted octanol–water partition coefficient (Wildman–Crippen LogP) is 1.57. The van der Waals surface area contributed by atoms with E-state index < -0.39 is 4.92 Å². The fourth-order valence-corrected chi connectivity index (χ4v) is 2.78. The van der Waals surface area contributed by atoms with Gasteiger partial charge in [-0.05, 0) is 18.2 Å². The normalized spacial score (nSPS) is 18.6. The molecule has 0 radical (unpaired) electrons. The van der Waals surface area contributed by atoms with Gasteiger partial charge in [-0.3, -0.25) is 10.1 Å². The lowest BCUT2D eigenvalue weighted by Gasteiger charge is -2.36. The highest BCUT2D eigenvalue weighted by Crippen LogP contribution is 2.24. The Bertz CT molecular complexity index is 690. The third-order valence-electron chi connectivity index (χ3n) is 3.87. The third kappa shape index (κ3) is 2.86. The van der Waals surface area contributed by atoms with Crippen LogP contribution in [0.25, 0.3) is 10.9 Å². The molecule has 0 bridgehead atoms. The molecule has 22 heavy (non-hydrogen) atoms. The molecular weight excluding hydrogens is 284 g/mol. The molecule has 1 saturated heterocycles. The van der Waals surface area contributed by atoms with Crippen molar-refractivity contribution < 1.29 is 9.66 Å². The van der Waals surface area contributed by atoms with Gasteiger partial charge in [0.1, 0.15) is 5.82 Å². The lowest BCUT2D eigenvalue weighted by molar-refractivity contribution is -0.384. The first kappa shape index (κ1) is 14.7. The number of nitro benzene ring substituents is 1. The second-order valence-electron chi connectivity index (χ2n) is 5.31. The Kier molecular flexibility index (Phi) is 4.17. The number of benzene rings is 1. The summed E-state index contributed by atoms with van der Waals surface area (Å²) in [5, 5.41) is 15.0. The molecule has 2 heterocycles. The number of nitrogens with zero attached hydrogens (tertiary/aromatic N) is 3. The Morgan fingerprint density at radius 2 is 2.32 bits per heavy atom. The Hall–Kier alpha value is -2.25. The van der Waals surface area contributed by atoms with Gasteiger partial charge in [-0.1, -0.05) is 0 Å². The smallest absolute Gasteiger partial charge is 0.270 e. The highest BCUT2D eigenvalue weighted by atomic mass is 16.6. The second kappa shape index (κ2) is 6.25. The number of nitrogens with one attached hydrogen (secondary N) is 1. The second-order valence-corrected chi connectivity index (χ2v) is 5.31. The number of hydrogen-bond acceptors (Lipinski definition) is 6. The van der Waals surface area contributed by atoms with E-state index in [4.69, 9.17) is 4.74 Å². The Balaban J connectivity index is 1.93. The number of nitro groups is 1. The van der Waals surface area contributed by atoms with Crippen LogP contribution in [0.5, 0.6) is 0 Å². The topological polar surface area (TPSA) is 80.5 Å². The van der Waals surface area contributed by atoms with Crippen LogP contribution in [0.15, 0.2) is 30.3 Å². The van der Waals surface area contributed by atoms with Gasteiger partial charge in [0.15, 0.2) is 0 Å². The fourth-order valence-electron chi connectivity index (χ4n) is 2.78. The van der Waals surface area contributed by atoms with E-state index in [9.17, 15) is 10.1 Å². The van der Waals surface area contributed by atoms with E-state index in [2.05, 4.69) is 15.2 Å². The average molecular weight is 302 g/mol. The molecule has 1 aromatic heterocycles. The lowest BCUT2D eigenvalue weighted by Crippen LogP contribution is -2.53. The zero-order valence-electron chi connectivity index (χ0n) is 12.4. The van der Waals surface area contributed by atoms with Gasteiger partial charge in [-0.25, -0.2) is 4.98 Å². The molecular formula is C15H18N4O3. The van der Waals surface area contributed by atoms with Gasteiger partial charge >= 0.3 is 0 Å². The summed E-state index contributed by atoms with van der Waals surface area (Å²) >= 11 is 0. The van der Waals surface area contributed by atoms with Crippen LogP contribution in [-0.4, -0.2) is 49.3 Å². The molecule has 3 rings (SSSR count). The number of hydrogen-bond donors (Lipinski definition) is 1. The van der Waals surface area contributed by atoms with Gasteiger partial charge < -0.3 is 15.0 Å². The summed E-state index contributed by atoms with van der Waals surface area (Å²) in [7, 11) is 1.69. The number of anilines is 1. The van der Waals surface area contributed by atoms with Crippen LogP contribution in [0, 0.1) is 10.1 Å². The van der Waals surface area contributed by atoms with Crippen molar-refractivity contribution in [2.75, 3.05) is 38.3 Å². The SMILES string of the molecule is COC[C@@H]1CNCCN1c1ccc2cc([N+](=O)[O-])ccc2n1. The molecule has 1 aliphatic heterocycles. The van der Waals surface area contributed by atoms with Crippen molar-refractivity contribution in [3.63, 3.8) is 0 Å². The average Bonchev–Trinajstić information content (AvgIpc) is 2.54. The van der Waals surface area contributed by atoms with E-state index >= 15 is 0 Å². The van der Waals surface area contributed by atoms with Crippen LogP contribution in [0.3, 0.4) is 0 Å². The molecule has 0 unspecified atom stereocenters. The van der Waals surface area contributed by atoms with Crippen LogP contribution >= 0.6 is 0 Å². The zero-order valence-corrected chi connectivity index (χ0v) is 12.4. The molecule has 7 nitrogen and oxygen atoms in total. The number of pyridine rings is 1. The van der Waals surface area contributed by atoms with Crippen LogP contribution in [-0.2, 0) is 4.74 Å². The van der Waals surface area contributed by atoms with E-state index in [0.29, 0.717) is 6.61 Å². The van der Waals surface area contributed by atoms with E-state index in [1.54, 1.807) is 19.2 Å². The molecule has 0 aliphatic carbocycles. The number of ether oxygens (including phenoxy) is 1. The quantitative estimate of drug-likeness (QED) is 0.682. The van der Waals surface area contributed by atoms with E-state index in [0.717, 1.165) is 36.4 Å². The number of rotatable bonds is 4. The van der Waals surface area contributed by atoms with Crippen molar-refractivity contribution in [3.8, 4) is 0 Å². The van der Waals surface area contributed by atoms with Crippen molar-refractivity contribution >= 4 is 22.4 Å². The van der Waals surface area contributed by atoms with Crippen molar-refractivity contribution in [1.82, 2.24) is 10.3 Å². The van der Waals surface area contributed by atoms with Gasteiger partial charge in [0.2, 0.25) is 0 Å². The van der Waals surface area contributed by atoms with Crippen LogP contribution in [0.1, 0.15) is 0 Å².